The van der Waals surface area contributed by atoms with Crippen molar-refractivity contribution in [2.45, 2.75) is 31.3 Å². The summed E-state index contributed by atoms with van der Waals surface area (Å²) in [5, 5.41) is -0.393. The number of benzene rings is 1. The highest BCUT2D eigenvalue weighted by atomic mass is 32.2. The molecule has 0 unspecified atom stereocenters. The zero-order valence-electron chi connectivity index (χ0n) is 17.6. The van der Waals surface area contributed by atoms with Crippen LogP contribution in [-0.4, -0.2) is 61.4 Å². The maximum absolute atomic E-state index is 12.7. The molecule has 2 heterocycles. The van der Waals surface area contributed by atoms with E-state index in [1.54, 1.807) is 12.1 Å². The monoisotopic (exact) mass is 447 g/mol. The third kappa shape index (κ3) is 4.70. The first-order chi connectivity index (χ1) is 14.4. The lowest BCUT2D eigenvalue weighted by atomic mass is 9.86. The molecule has 0 bridgehead atoms. The minimum absolute atomic E-state index is 0.00306. The Balaban J connectivity index is 1.65. The Kier molecular flexibility index (Phi) is 6.06. The van der Waals surface area contributed by atoms with Crippen LogP contribution in [0.1, 0.15) is 47.2 Å². The normalized spacial score (nSPS) is 15.6. The number of ketones is 1. The number of Topliss-reactive ketones (excluding diaryl/α,β-unsaturated/α-hetero) is 1. The van der Waals surface area contributed by atoms with E-state index in [0.717, 1.165) is 15.9 Å². The van der Waals surface area contributed by atoms with Crippen LogP contribution in [0.5, 0.6) is 0 Å². The molecule has 0 aliphatic carbocycles. The van der Waals surface area contributed by atoms with Crippen LogP contribution >= 0.6 is 0 Å². The summed E-state index contributed by atoms with van der Waals surface area (Å²) < 4.78 is 31.5. The molecule has 0 spiro atoms. The second kappa shape index (κ2) is 8.27. The third-order valence-electron chi connectivity index (χ3n) is 5.15. The first kappa shape index (κ1) is 22.7. The van der Waals surface area contributed by atoms with Crippen LogP contribution in [0.2, 0.25) is 0 Å². The van der Waals surface area contributed by atoms with Gasteiger partial charge in [0.1, 0.15) is 0 Å². The smallest absolute Gasteiger partial charge is 0.295 e. The van der Waals surface area contributed by atoms with Gasteiger partial charge in [-0.1, -0.05) is 45.0 Å². The van der Waals surface area contributed by atoms with E-state index in [0.29, 0.717) is 5.56 Å². The largest absolute Gasteiger partial charge is 0.438 e. The summed E-state index contributed by atoms with van der Waals surface area (Å²) in [5.41, 5.74) is 6.36. The molecule has 31 heavy (non-hydrogen) atoms. The number of rotatable bonds is 5. The third-order valence-corrected chi connectivity index (χ3v) is 6.92. The number of carbonyl (C=O) groups is 3. The van der Waals surface area contributed by atoms with Gasteiger partial charge in [-0.05, 0) is 23.1 Å². The zero-order chi connectivity index (χ0) is 23.0. The van der Waals surface area contributed by atoms with E-state index in [9.17, 15) is 22.8 Å². The van der Waals surface area contributed by atoms with Crippen molar-refractivity contribution in [1.82, 2.24) is 9.21 Å². The molecular weight excluding hydrogens is 422 g/mol. The van der Waals surface area contributed by atoms with E-state index in [1.165, 1.54) is 11.0 Å². The van der Waals surface area contributed by atoms with Gasteiger partial charge in [0.15, 0.2) is 5.76 Å². The Morgan fingerprint density at radius 2 is 1.52 bits per heavy atom. The van der Waals surface area contributed by atoms with Crippen LogP contribution in [0.4, 0.5) is 0 Å². The molecule has 1 saturated heterocycles. The fourth-order valence-electron chi connectivity index (χ4n) is 3.24. The summed E-state index contributed by atoms with van der Waals surface area (Å²) in [6.45, 7) is 6.29. The van der Waals surface area contributed by atoms with Crippen molar-refractivity contribution in [1.29, 1.82) is 0 Å². The highest BCUT2D eigenvalue weighted by Crippen LogP contribution is 2.23. The number of amides is 2. The van der Waals surface area contributed by atoms with Gasteiger partial charge in [-0.3, -0.25) is 14.4 Å². The molecule has 1 fully saturated rings. The second-order valence-electron chi connectivity index (χ2n) is 8.34. The van der Waals surface area contributed by atoms with E-state index >= 15 is 0 Å². The second-order valence-corrected chi connectivity index (χ2v) is 10.2. The highest BCUT2D eigenvalue weighted by Gasteiger charge is 2.34. The molecular formula is C21H25N3O6S. The molecule has 0 saturated carbocycles. The molecule has 1 aliphatic rings. The fraction of sp³-hybridized carbons (Fsp3) is 0.381. The first-order valence-electron chi connectivity index (χ1n) is 9.75. The Labute approximate surface area is 180 Å². The van der Waals surface area contributed by atoms with Gasteiger partial charge in [0.05, 0.1) is 0 Å². The van der Waals surface area contributed by atoms with Gasteiger partial charge in [-0.25, -0.2) is 8.42 Å². The van der Waals surface area contributed by atoms with Gasteiger partial charge in [0.25, 0.3) is 21.8 Å². The Morgan fingerprint density at radius 1 is 0.935 bits per heavy atom. The highest BCUT2D eigenvalue weighted by molar-refractivity contribution is 7.89. The molecule has 1 aromatic carbocycles. The molecule has 2 N–H and O–H groups in total. The molecule has 166 valence electrons. The quantitative estimate of drug-likeness (QED) is 0.544. The van der Waals surface area contributed by atoms with E-state index in [-0.39, 0.29) is 37.4 Å². The van der Waals surface area contributed by atoms with Crippen LogP contribution in [-0.2, 0) is 20.2 Å². The van der Waals surface area contributed by atoms with E-state index in [1.807, 2.05) is 12.1 Å². The number of nitrogens with two attached hydrogens (primary N) is 1. The Bertz CT molecular complexity index is 1100. The lowest BCUT2D eigenvalue weighted by Gasteiger charge is -2.33. The molecule has 9 nitrogen and oxygen atoms in total. The number of hydrogen-bond donors (Lipinski definition) is 1. The van der Waals surface area contributed by atoms with Crippen molar-refractivity contribution in [3.05, 3.63) is 53.3 Å². The number of piperazine rings is 1. The molecule has 2 aromatic rings. The first-order valence-corrected chi connectivity index (χ1v) is 11.2. The summed E-state index contributed by atoms with van der Waals surface area (Å²) in [4.78, 5) is 37.7. The lowest BCUT2D eigenvalue weighted by Crippen LogP contribution is -2.52. The average molecular weight is 448 g/mol. The molecule has 1 aromatic heterocycles. The predicted molar refractivity (Wildman–Crippen MR) is 112 cm³/mol. The van der Waals surface area contributed by atoms with Crippen LogP contribution < -0.4 is 5.73 Å². The van der Waals surface area contributed by atoms with Crippen molar-refractivity contribution in [2.75, 3.05) is 26.2 Å². The number of nitrogens with zero attached hydrogens (tertiary/aromatic N) is 2. The number of sulfonamides is 1. The molecule has 1 aliphatic heterocycles. The molecule has 2 amide bonds. The van der Waals surface area contributed by atoms with E-state index in [2.05, 4.69) is 20.8 Å². The van der Waals surface area contributed by atoms with Gasteiger partial charge in [-0.2, -0.15) is 4.31 Å². The van der Waals surface area contributed by atoms with E-state index < -0.39 is 32.7 Å². The van der Waals surface area contributed by atoms with Crippen LogP contribution in [0.15, 0.2) is 45.9 Å². The van der Waals surface area contributed by atoms with Crippen molar-refractivity contribution in [3.63, 3.8) is 0 Å². The molecule has 3 rings (SSSR count). The summed E-state index contributed by atoms with van der Waals surface area (Å²) in [5.74, 6) is -2.43. The average Bonchev–Trinajstić information content (AvgIpc) is 3.24. The summed E-state index contributed by atoms with van der Waals surface area (Å²) in [6.07, 6.45) is 0. The van der Waals surface area contributed by atoms with Gasteiger partial charge < -0.3 is 15.1 Å². The molecule has 0 atom stereocenters. The van der Waals surface area contributed by atoms with E-state index in [4.69, 9.17) is 10.2 Å². The zero-order valence-corrected chi connectivity index (χ0v) is 18.4. The number of hydrogen-bond acceptors (Lipinski definition) is 6. The summed E-state index contributed by atoms with van der Waals surface area (Å²) in [6, 6.07) is 9.28. The van der Waals surface area contributed by atoms with Gasteiger partial charge in [0, 0.05) is 31.7 Å². The number of primary amides is 1. The van der Waals surface area contributed by atoms with Gasteiger partial charge in [0.2, 0.25) is 10.9 Å². The maximum Gasteiger partial charge on any atom is 0.295 e. The van der Waals surface area contributed by atoms with Crippen LogP contribution in [0.25, 0.3) is 0 Å². The van der Waals surface area contributed by atoms with Crippen molar-refractivity contribution < 1.29 is 27.2 Å². The predicted octanol–water partition coefficient (Wildman–Crippen LogP) is 1.39. The standard InChI is InChI=1S/C21H25N3O6S/c1-21(2,3)15-6-4-14(5-7-15)18(25)20(27)23-10-12-24(13-11-23)31(28,29)17-9-8-16(30-17)19(22)26/h4-9H,10-13H2,1-3H3,(H2,22,26). The summed E-state index contributed by atoms with van der Waals surface area (Å²) >= 11 is 0. The van der Waals surface area contributed by atoms with Crippen LogP contribution in [0.3, 0.4) is 0 Å². The SMILES string of the molecule is CC(C)(C)c1ccc(C(=O)C(=O)N2CCN(S(=O)(=O)c3ccc(C(N)=O)o3)CC2)cc1. The maximum atomic E-state index is 12.7. The number of furan rings is 1. The molecule has 10 heteroatoms. The van der Waals surface area contributed by atoms with Gasteiger partial charge >= 0.3 is 0 Å². The van der Waals surface area contributed by atoms with Gasteiger partial charge in [-0.15, -0.1) is 0 Å². The minimum atomic E-state index is -3.98. The fourth-order valence-corrected chi connectivity index (χ4v) is 4.57. The Hall–Kier alpha value is -2.98. The van der Waals surface area contributed by atoms with Crippen molar-refractivity contribution in [2.24, 2.45) is 5.73 Å². The topological polar surface area (TPSA) is 131 Å². The lowest BCUT2D eigenvalue weighted by molar-refractivity contribution is -0.127. The van der Waals surface area contributed by atoms with Crippen molar-refractivity contribution >= 4 is 27.6 Å². The minimum Gasteiger partial charge on any atom is -0.438 e. The number of carbonyl (C=O) groups excluding carboxylic acids is 3. The van der Waals surface area contributed by atoms with Crippen LogP contribution in [0, 0.1) is 0 Å². The molecule has 0 radical (unpaired) electrons. The van der Waals surface area contributed by atoms with Crippen molar-refractivity contribution in [3.8, 4) is 0 Å². The Morgan fingerprint density at radius 3 is 2.00 bits per heavy atom. The summed E-state index contributed by atoms with van der Waals surface area (Å²) in [7, 11) is -3.98.